The third-order valence-electron chi connectivity index (χ3n) is 6.01. The first-order valence-electron chi connectivity index (χ1n) is 11.4. The second-order valence-electron chi connectivity index (χ2n) is 9.50. The van der Waals surface area contributed by atoms with Crippen LogP contribution >= 0.6 is 0 Å². The number of benzene rings is 1. The molecule has 2 aromatic heterocycles. The zero-order valence-electron chi connectivity index (χ0n) is 20.4. The lowest BCUT2D eigenvalue weighted by molar-refractivity contribution is -0.156. The van der Waals surface area contributed by atoms with Gasteiger partial charge in [-0.3, -0.25) is 14.2 Å². The van der Waals surface area contributed by atoms with E-state index in [0.29, 0.717) is 13.1 Å². The first-order chi connectivity index (χ1) is 17.3. The average Bonchev–Trinajstić information content (AvgIpc) is 3.34. The van der Waals surface area contributed by atoms with Gasteiger partial charge in [0.15, 0.2) is 0 Å². The van der Waals surface area contributed by atoms with E-state index in [0.717, 1.165) is 10.4 Å². The molecule has 0 N–H and O–H groups in total. The minimum Gasteiger partial charge on any atom is -0.413 e. The molecular formula is C23H26F4N6O3S. The minimum atomic E-state index is -4.83. The number of anilines is 1. The maximum absolute atomic E-state index is 15.1. The number of hydrogen-bond donors (Lipinski definition) is 0. The molecule has 0 spiro atoms. The molecule has 1 aliphatic rings. The molecule has 0 unspecified atom stereocenters. The van der Waals surface area contributed by atoms with Crippen LogP contribution in [0.15, 0.2) is 47.1 Å². The Bertz CT molecular complexity index is 1330. The Hall–Kier alpha value is -3.10. The summed E-state index contributed by atoms with van der Waals surface area (Å²) < 4.78 is 87.8. The predicted molar refractivity (Wildman–Crippen MR) is 127 cm³/mol. The highest BCUT2D eigenvalue weighted by atomic mass is 32.2. The second kappa shape index (κ2) is 9.99. The van der Waals surface area contributed by atoms with Crippen molar-refractivity contribution < 1.29 is 30.4 Å². The van der Waals surface area contributed by atoms with Crippen molar-refractivity contribution in [2.24, 2.45) is 0 Å². The fourth-order valence-corrected chi connectivity index (χ4v) is 5.53. The Morgan fingerprint density at radius 1 is 1.05 bits per heavy atom. The second-order valence-corrected chi connectivity index (χ2v) is 11.4. The van der Waals surface area contributed by atoms with Crippen molar-refractivity contribution in [1.82, 2.24) is 24.4 Å². The molecule has 0 amide bonds. The Morgan fingerprint density at radius 2 is 1.76 bits per heavy atom. The smallest absolute Gasteiger partial charge is 0.413 e. The largest absolute Gasteiger partial charge is 0.470 e. The van der Waals surface area contributed by atoms with Crippen LogP contribution in [0.1, 0.15) is 32.2 Å². The van der Waals surface area contributed by atoms with E-state index in [2.05, 4.69) is 45.3 Å². The van der Waals surface area contributed by atoms with E-state index < -0.39 is 34.0 Å². The van der Waals surface area contributed by atoms with Crippen LogP contribution in [0.5, 0.6) is 0 Å². The molecule has 1 aliphatic heterocycles. The third kappa shape index (κ3) is 5.91. The number of alkyl halides is 3. The Labute approximate surface area is 211 Å². The molecule has 0 atom stereocenters. The number of rotatable bonds is 6. The van der Waals surface area contributed by atoms with Gasteiger partial charge in [0.2, 0.25) is 5.89 Å². The van der Waals surface area contributed by atoms with E-state index in [-0.39, 0.29) is 42.0 Å². The summed E-state index contributed by atoms with van der Waals surface area (Å²) in [6.07, 6.45) is -1.97. The van der Waals surface area contributed by atoms with Crippen LogP contribution in [0.3, 0.4) is 0 Å². The lowest BCUT2D eigenvalue weighted by Gasteiger charge is -2.42. The van der Waals surface area contributed by atoms with Crippen molar-refractivity contribution in [3.63, 3.8) is 0 Å². The molecule has 1 aromatic carbocycles. The molecule has 0 bridgehead atoms. The molecule has 1 fully saturated rings. The summed E-state index contributed by atoms with van der Waals surface area (Å²) in [4.78, 5) is 6.19. The maximum atomic E-state index is 15.1. The van der Waals surface area contributed by atoms with Crippen molar-refractivity contribution in [3.05, 3.63) is 60.0 Å². The zero-order valence-corrected chi connectivity index (χ0v) is 21.2. The Morgan fingerprint density at radius 3 is 2.30 bits per heavy atom. The number of hydrogen-bond acceptors (Lipinski definition) is 7. The monoisotopic (exact) mass is 542 g/mol. The summed E-state index contributed by atoms with van der Waals surface area (Å²) in [5.41, 5.74) is 0.0672. The number of pyridine rings is 1. The van der Waals surface area contributed by atoms with Gasteiger partial charge in [0, 0.05) is 49.0 Å². The van der Waals surface area contributed by atoms with E-state index in [9.17, 15) is 21.6 Å². The Kier molecular flexibility index (Phi) is 7.27. The molecule has 1 saturated heterocycles. The van der Waals surface area contributed by atoms with Crippen LogP contribution in [0.25, 0.3) is 11.5 Å². The molecule has 9 nitrogen and oxygen atoms in total. The predicted octanol–water partition coefficient (Wildman–Crippen LogP) is 3.96. The van der Waals surface area contributed by atoms with Crippen LogP contribution in [0.2, 0.25) is 0 Å². The van der Waals surface area contributed by atoms with Gasteiger partial charge in [-0.05, 0) is 45.0 Å². The van der Waals surface area contributed by atoms with Crippen molar-refractivity contribution in [2.45, 2.75) is 39.0 Å². The zero-order chi connectivity index (χ0) is 27.0. The molecule has 0 radical (unpaired) electrons. The van der Waals surface area contributed by atoms with Crippen LogP contribution < -0.4 is 4.31 Å². The standard InChI is InChI=1S/C23H26F4N6O3S/c1-22(2,3)31-9-11-32(12-10-31)37(34,35)33(18-5-4-8-28-14-18)15-17-7-6-16(13-19(17)24)20-29-30-21(36-20)23(25,26)27/h4-8,13-14H,9-12,15H2,1-3H3. The first-order valence-corrected chi connectivity index (χ1v) is 12.8. The lowest BCUT2D eigenvalue weighted by atomic mass is 10.1. The van der Waals surface area contributed by atoms with Gasteiger partial charge in [-0.1, -0.05) is 6.07 Å². The topological polar surface area (TPSA) is 95.7 Å². The molecule has 200 valence electrons. The normalized spacial score (nSPS) is 16.2. The highest BCUT2D eigenvalue weighted by Gasteiger charge is 2.38. The van der Waals surface area contributed by atoms with E-state index >= 15 is 4.39 Å². The number of halogens is 4. The molecule has 4 rings (SSSR count). The van der Waals surface area contributed by atoms with Gasteiger partial charge in [0.05, 0.1) is 18.4 Å². The number of nitrogens with zero attached hydrogens (tertiary/aromatic N) is 6. The summed E-state index contributed by atoms with van der Waals surface area (Å²) >= 11 is 0. The quantitative estimate of drug-likeness (QED) is 0.435. The van der Waals surface area contributed by atoms with E-state index in [1.165, 1.54) is 28.8 Å². The molecule has 14 heteroatoms. The van der Waals surface area contributed by atoms with Gasteiger partial charge >= 0.3 is 22.3 Å². The van der Waals surface area contributed by atoms with Crippen LogP contribution in [-0.2, 0) is 22.9 Å². The van der Waals surface area contributed by atoms with Gasteiger partial charge < -0.3 is 4.42 Å². The first kappa shape index (κ1) is 26.9. The summed E-state index contributed by atoms with van der Waals surface area (Å²) in [5, 5.41) is 6.27. The molecule has 0 aliphatic carbocycles. The number of aromatic nitrogens is 3. The molecule has 0 saturated carbocycles. The van der Waals surface area contributed by atoms with Crippen molar-refractivity contribution in [3.8, 4) is 11.5 Å². The molecule has 37 heavy (non-hydrogen) atoms. The van der Waals surface area contributed by atoms with Crippen molar-refractivity contribution >= 4 is 15.9 Å². The fraction of sp³-hybridized carbons (Fsp3) is 0.435. The van der Waals surface area contributed by atoms with Crippen molar-refractivity contribution in [1.29, 1.82) is 0 Å². The summed E-state index contributed by atoms with van der Waals surface area (Å²) in [6.45, 7) is 7.41. The summed E-state index contributed by atoms with van der Waals surface area (Å²) in [6, 6.07) is 6.63. The van der Waals surface area contributed by atoms with Crippen LogP contribution in [0.4, 0.5) is 23.2 Å². The molecule has 3 heterocycles. The maximum Gasteiger partial charge on any atom is 0.470 e. The highest BCUT2D eigenvalue weighted by molar-refractivity contribution is 7.90. The third-order valence-corrected chi connectivity index (χ3v) is 7.92. The van der Waals surface area contributed by atoms with Gasteiger partial charge in [0.25, 0.3) is 0 Å². The van der Waals surface area contributed by atoms with Gasteiger partial charge in [-0.2, -0.15) is 25.9 Å². The molecular weight excluding hydrogens is 516 g/mol. The van der Waals surface area contributed by atoms with Gasteiger partial charge in [0.1, 0.15) is 5.82 Å². The van der Waals surface area contributed by atoms with E-state index in [1.54, 1.807) is 12.1 Å². The van der Waals surface area contributed by atoms with Gasteiger partial charge in [-0.15, -0.1) is 10.2 Å². The highest BCUT2D eigenvalue weighted by Crippen LogP contribution is 2.31. The SMILES string of the molecule is CC(C)(C)N1CCN(S(=O)(=O)N(Cc2ccc(-c3nnc(C(F)(F)F)o3)cc2F)c2cccnc2)CC1. The van der Waals surface area contributed by atoms with Crippen molar-refractivity contribution in [2.75, 3.05) is 30.5 Å². The fourth-order valence-electron chi connectivity index (χ4n) is 3.95. The Balaban J connectivity index is 1.61. The van der Waals surface area contributed by atoms with E-state index in [1.807, 2.05) is 0 Å². The average molecular weight is 543 g/mol. The number of piperazine rings is 1. The van der Waals surface area contributed by atoms with Crippen LogP contribution in [-0.4, -0.2) is 64.5 Å². The molecule has 3 aromatic rings. The summed E-state index contributed by atoms with van der Waals surface area (Å²) in [5.74, 6) is -2.90. The van der Waals surface area contributed by atoms with Crippen LogP contribution in [0, 0.1) is 5.82 Å². The van der Waals surface area contributed by atoms with Gasteiger partial charge in [-0.25, -0.2) is 4.39 Å². The van der Waals surface area contributed by atoms with E-state index in [4.69, 9.17) is 0 Å². The lowest BCUT2D eigenvalue weighted by Crippen LogP contribution is -2.57. The summed E-state index contributed by atoms with van der Waals surface area (Å²) in [7, 11) is -4.07. The minimum absolute atomic E-state index is 0.0000608.